The van der Waals surface area contributed by atoms with Crippen LogP contribution >= 0.6 is 37.2 Å². The van der Waals surface area contributed by atoms with Gasteiger partial charge in [-0.3, -0.25) is 0 Å². The summed E-state index contributed by atoms with van der Waals surface area (Å²) in [7, 11) is -7.25. The summed E-state index contributed by atoms with van der Waals surface area (Å²) in [5, 5.41) is 0. The highest BCUT2D eigenvalue weighted by molar-refractivity contribution is 15.0. The molecular formula is C11H32I2O3Si4. The van der Waals surface area contributed by atoms with Gasteiger partial charge in [0.1, 0.15) is 0 Å². The van der Waals surface area contributed by atoms with Gasteiger partial charge in [-0.25, -0.2) is 0 Å². The zero-order chi connectivity index (χ0) is 16.8. The third-order valence-corrected chi connectivity index (χ3v) is 15.7. The van der Waals surface area contributed by atoms with E-state index >= 15 is 0 Å². The summed E-state index contributed by atoms with van der Waals surface area (Å²) < 4.78 is 19.0. The molecule has 0 aromatic rings. The third kappa shape index (κ3) is 13.8. The van der Waals surface area contributed by atoms with Crippen molar-refractivity contribution in [2.45, 2.75) is 71.9 Å². The van der Waals surface area contributed by atoms with Gasteiger partial charge in [0.2, 0.25) is 0 Å². The second-order valence-electron chi connectivity index (χ2n) is 7.42. The Bertz CT molecular complexity index is 280. The number of hydrogen-bond donors (Lipinski definition) is 0. The summed E-state index contributed by atoms with van der Waals surface area (Å²) in [5.41, 5.74) is 0. The van der Waals surface area contributed by atoms with Gasteiger partial charge in [0.25, 0.3) is 0 Å². The van der Waals surface area contributed by atoms with E-state index in [0.29, 0.717) is 0 Å². The summed E-state index contributed by atoms with van der Waals surface area (Å²) in [6, 6.07) is 0.989. The molecule has 1 atom stereocenters. The normalized spacial score (nSPS) is 16.2. The van der Waals surface area contributed by atoms with Crippen molar-refractivity contribution in [2.24, 2.45) is 0 Å². The second kappa shape index (κ2) is 9.49. The molecule has 20 heavy (non-hydrogen) atoms. The van der Waals surface area contributed by atoms with Crippen LogP contribution in [0.3, 0.4) is 0 Å². The van der Waals surface area contributed by atoms with Crippen molar-refractivity contribution in [3.63, 3.8) is 0 Å². The summed E-state index contributed by atoms with van der Waals surface area (Å²) in [6.07, 6.45) is 0. The lowest BCUT2D eigenvalue weighted by atomic mass is 11.0. The quantitative estimate of drug-likeness (QED) is 0.263. The molecule has 0 aliphatic rings. The summed E-state index contributed by atoms with van der Waals surface area (Å²) >= 11 is 4.24. The Kier molecular flexibility index (Phi) is 11.6. The first-order chi connectivity index (χ1) is 8.68. The minimum atomic E-state index is -2.07. The van der Waals surface area contributed by atoms with Crippen molar-refractivity contribution in [2.75, 3.05) is 0 Å². The Morgan fingerprint density at radius 3 is 1.25 bits per heavy atom. The van der Waals surface area contributed by atoms with Crippen molar-refractivity contribution in [1.29, 1.82) is 0 Å². The van der Waals surface area contributed by atoms with Crippen molar-refractivity contribution in [3.8, 4) is 0 Å². The van der Waals surface area contributed by atoms with E-state index in [2.05, 4.69) is 103 Å². The van der Waals surface area contributed by atoms with E-state index in [1.807, 2.05) is 0 Å². The molecule has 0 amide bonds. The van der Waals surface area contributed by atoms with Crippen molar-refractivity contribution < 1.29 is 12.3 Å². The maximum absolute atomic E-state index is 6.43. The largest absolute Gasteiger partial charge is 0.437 e. The molecule has 0 rings (SSSR count). The highest BCUT2D eigenvalue weighted by Crippen LogP contribution is 2.26. The Morgan fingerprint density at radius 2 is 1.00 bits per heavy atom. The minimum absolute atomic E-state index is 0.989. The molecule has 0 aromatic heterocycles. The van der Waals surface area contributed by atoms with Gasteiger partial charge < -0.3 is 12.3 Å². The first-order valence-electron chi connectivity index (χ1n) is 6.93. The molecule has 1 unspecified atom stereocenters. The molecule has 124 valence electrons. The van der Waals surface area contributed by atoms with E-state index in [9.17, 15) is 0 Å². The molecule has 0 aliphatic carbocycles. The highest BCUT2D eigenvalue weighted by Gasteiger charge is 2.43. The van der Waals surface area contributed by atoms with E-state index < -0.39 is 33.8 Å². The Balaban J connectivity index is 0. The van der Waals surface area contributed by atoms with E-state index in [-0.39, 0.29) is 0 Å². The van der Waals surface area contributed by atoms with Crippen LogP contribution in [-0.4, -0.2) is 33.8 Å². The lowest BCUT2D eigenvalue weighted by molar-refractivity contribution is 0.325. The molecule has 0 saturated heterocycles. The third-order valence-electron chi connectivity index (χ3n) is 2.18. The van der Waals surface area contributed by atoms with E-state index in [4.69, 9.17) is 12.3 Å². The maximum atomic E-state index is 6.43. The summed E-state index contributed by atoms with van der Waals surface area (Å²) in [5.74, 6) is 0. The first-order valence-corrected chi connectivity index (χ1v) is 25.4. The van der Waals surface area contributed by atoms with Crippen LogP contribution < -0.4 is 0 Å². The topological polar surface area (TPSA) is 27.7 Å². The van der Waals surface area contributed by atoms with Gasteiger partial charge in [0, 0.05) is 37.2 Å². The maximum Gasteiger partial charge on any atom is 0.315 e. The van der Waals surface area contributed by atoms with Gasteiger partial charge in [-0.05, 0) is 65.0 Å². The average molecular weight is 579 g/mol. The van der Waals surface area contributed by atoms with Crippen LogP contribution in [0, 0.1) is 0 Å². The van der Waals surface area contributed by atoms with Crippen LogP contribution in [0.1, 0.15) is 6.92 Å². The SMILES string of the molecule is CC[Si](C)(O[Si](C)(C)C)O[Si](C)(C)O[Si](C)(C)C.II. The highest BCUT2D eigenvalue weighted by atomic mass is 128. The molecule has 9 heteroatoms. The van der Waals surface area contributed by atoms with E-state index in [0.717, 1.165) is 6.04 Å². The summed E-state index contributed by atoms with van der Waals surface area (Å²) in [6.45, 7) is 22.0. The van der Waals surface area contributed by atoms with E-state index in [1.165, 1.54) is 0 Å². The van der Waals surface area contributed by atoms with Crippen LogP contribution in [0.2, 0.25) is 65.0 Å². The monoisotopic (exact) mass is 578 g/mol. The predicted molar refractivity (Wildman–Crippen MR) is 118 cm³/mol. The number of hydrogen-bond acceptors (Lipinski definition) is 3. The fourth-order valence-electron chi connectivity index (χ4n) is 2.09. The van der Waals surface area contributed by atoms with Crippen LogP contribution in [0.25, 0.3) is 0 Å². The molecule has 0 aliphatic heterocycles. The van der Waals surface area contributed by atoms with Gasteiger partial charge in [-0.1, -0.05) is 6.92 Å². The van der Waals surface area contributed by atoms with Crippen molar-refractivity contribution >= 4 is 71.0 Å². The molecule has 0 N–H and O–H groups in total. The lowest BCUT2D eigenvalue weighted by Crippen LogP contribution is -2.56. The molecule has 0 heterocycles. The van der Waals surface area contributed by atoms with E-state index in [1.54, 1.807) is 0 Å². The van der Waals surface area contributed by atoms with Gasteiger partial charge in [0.05, 0.1) is 0 Å². The molecule has 3 nitrogen and oxygen atoms in total. The Hall–Kier alpha value is 2.21. The number of halogens is 2. The van der Waals surface area contributed by atoms with Gasteiger partial charge >= 0.3 is 17.1 Å². The van der Waals surface area contributed by atoms with Crippen LogP contribution in [0.4, 0.5) is 0 Å². The Morgan fingerprint density at radius 1 is 0.650 bits per heavy atom. The van der Waals surface area contributed by atoms with Gasteiger partial charge in [-0.2, -0.15) is 0 Å². The Labute approximate surface area is 154 Å². The van der Waals surface area contributed by atoms with Gasteiger partial charge in [0.15, 0.2) is 16.6 Å². The molecular weight excluding hydrogens is 546 g/mol. The molecule has 0 radical (unpaired) electrons. The smallest absolute Gasteiger partial charge is 0.315 e. The molecule has 0 bridgehead atoms. The zero-order valence-electron chi connectivity index (χ0n) is 14.7. The van der Waals surface area contributed by atoms with Crippen LogP contribution in [-0.2, 0) is 12.3 Å². The molecule has 0 spiro atoms. The van der Waals surface area contributed by atoms with Gasteiger partial charge in [-0.15, -0.1) is 0 Å². The fraction of sp³-hybridized carbons (Fsp3) is 1.00. The van der Waals surface area contributed by atoms with Crippen LogP contribution in [0.15, 0.2) is 0 Å². The summed E-state index contributed by atoms with van der Waals surface area (Å²) in [4.78, 5) is 0. The standard InChI is InChI=1S/C11H32O3Si4.I2/c1-11-18(10,13-16(5,6)7)14-17(8,9)12-15(2,3)4;1-2/h11H2,1-10H3;. The lowest BCUT2D eigenvalue weighted by Gasteiger charge is -2.40. The fourth-order valence-corrected chi connectivity index (χ4v) is 19.6. The molecule has 0 fully saturated rings. The van der Waals surface area contributed by atoms with Crippen LogP contribution in [0.5, 0.6) is 0 Å². The molecule has 0 aromatic carbocycles. The first kappa shape index (κ1) is 24.5. The van der Waals surface area contributed by atoms with Crippen molar-refractivity contribution in [1.82, 2.24) is 0 Å². The second-order valence-corrected chi connectivity index (χ2v) is 24.1. The molecule has 0 saturated carbocycles. The average Bonchev–Trinajstić information content (AvgIpc) is 2.12. The zero-order valence-corrected chi connectivity index (χ0v) is 23.0. The van der Waals surface area contributed by atoms with Crippen molar-refractivity contribution in [3.05, 3.63) is 0 Å². The predicted octanol–water partition coefficient (Wildman–Crippen LogP) is 6.27. The minimum Gasteiger partial charge on any atom is -0.437 e. The number of rotatable bonds is 7.